The maximum Gasteiger partial charge on any atom is 0.159 e. The SMILES string of the molecule is CC(=O)c1ccc(C#N)c(NC(C)CO)c1. The third-order valence-electron chi connectivity index (χ3n) is 2.22. The lowest BCUT2D eigenvalue weighted by Crippen LogP contribution is -2.20. The average Bonchev–Trinajstić information content (AvgIpc) is 2.28. The maximum absolute atomic E-state index is 11.2. The molecular weight excluding hydrogens is 204 g/mol. The molecule has 4 heteroatoms. The van der Waals surface area contributed by atoms with Crippen molar-refractivity contribution in [2.24, 2.45) is 0 Å². The molecule has 1 rings (SSSR count). The summed E-state index contributed by atoms with van der Waals surface area (Å²) < 4.78 is 0. The molecule has 1 aromatic rings. The van der Waals surface area contributed by atoms with E-state index >= 15 is 0 Å². The van der Waals surface area contributed by atoms with Gasteiger partial charge in [-0.05, 0) is 32.0 Å². The van der Waals surface area contributed by atoms with Gasteiger partial charge in [0.2, 0.25) is 0 Å². The normalized spacial score (nSPS) is 11.6. The van der Waals surface area contributed by atoms with Crippen LogP contribution in [-0.2, 0) is 0 Å². The first kappa shape index (κ1) is 12.2. The molecule has 0 heterocycles. The van der Waals surface area contributed by atoms with Crippen LogP contribution < -0.4 is 5.32 Å². The molecule has 0 radical (unpaired) electrons. The number of hydrogen-bond acceptors (Lipinski definition) is 4. The van der Waals surface area contributed by atoms with E-state index in [9.17, 15) is 4.79 Å². The molecular formula is C12H14N2O2. The second-order valence-electron chi connectivity index (χ2n) is 3.66. The van der Waals surface area contributed by atoms with Gasteiger partial charge in [-0.3, -0.25) is 4.79 Å². The number of hydrogen-bond donors (Lipinski definition) is 2. The fourth-order valence-electron chi connectivity index (χ4n) is 1.29. The van der Waals surface area contributed by atoms with Crippen LogP contribution in [0.3, 0.4) is 0 Å². The number of anilines is 1. The molecule has 1 aromatic carbocycles. The molecule has 0 amide bonds. The maximum atomic E-state index is 11.2. The van der Waals surface area contributed by atoms with Gasteiger partial charge < -0.3 is 10.4 Å². The molecule has 4 nitrogen and oxygen atoms in total. The summed E-state index contributed by atoms with van der Waals surface area (Å²) in [5.74, 6) is -0.0517. The van der Waals surface area contributed by atoms with Crippen LogP contribution in [0.2, 0.25) is 0 Å². The Morgan fingerprint density at radius 3 is 2.81 bits per heavy atom. The van der Waals surface area contributed by atoms with Gasteiger partial charge in [-0.15, -0.1) is 0 Å². The lowest BCUT2D eigenvalue weighted by atomic mass is 10.1. The fourth-order valence-corrected chi connectivity index (χ4v) is 1.29. The van der Waals surface area contributed by atoms with Crippen molar-refractivity contribution >= 4 is 11.5 Å². The van der Waals surface area contributed by atoms with Crippen LogP contribution in [0.15, 0.2) is 18.2 Å². The van der Waals surface area contributed by atoms with E-state index in [0.29, 0.717) is 16.8 Å². The quantitative estimate of drug-likeness (QED) is 0.752. The van der Waals surface area contributed by atoms with Gasteiger partial charge in [-0.1, -0.05) is 0 Å². The van der Waals surface area contributed by atoms with Gasteiger partial charge >= 0.3 is 0 Å². The number of nitriles is 1. The Bertz CT molecular complexity index is 435. The minimum Gasteiger partial charge on any atom is -0.394 e. The zero-order chi connectivity index (χ0) is 12.1. The molecule has 1 unspecified atom stereocenters. The summed E-state index contributed by atoms with van der Waals surface area (Å²) in [5.41, 5.74) is 1.59. The largest absolute Gasteiger partial charge is 0.394 e. The second-order valence-corrected chi connectivity index (χ2v) is 3.66. The molecule has 84 valence electrons. The number of Topliss-reactive ketones (excluding diaryl/α,β-unsaturated/α-hetero) is 1. The number of nitrogens with one attached hydrogen (secondary N) is 1. The summed E-state index contributed by atoms with van der Waals surface area (Å²) >= 11 is 0. The van der Waals surface area contributed by atoms with E-state index < -0.39 is 0 Å². The van der Waals surface area contributed by atoms with Gasteiger partial charge in [0.15, 0.2) is 5.78 Å². The summed E-state index contributed by atoms with van der Waals surface area (Å²) in [5, 5.41) is 20.8. The summed E-state index contributed by atoms with van der Waals surface area (Å²) in [6.07, 6.45) is 0. The van der Waals surface area contributed by atoms with E-state index in [-0.39, 0.29) is 18.4 Å². The van der Waals surface area contributed by atoms with Crippen LogP contribution in [0, 0.1) is 11.3 Å². The number of nitrogens with zero attached hydrogens (tertiary/aromatic N) is 1. The highest BCUT2D eigenvalue weighted by Crippen LogP contribution is 2.18. The van der Waals surface area contributed by atoms with Crippen LogP contribution in [0.25, 0.3) is 0 Å². The number of ketones is 1. The summed E-state index contributed by atoms with van der Waals surface area (Å²) in [6.45, 7) is 3.23. The summed E-state index contributed by atoms with van der Waals surface area (Å²) in [7, 11) is 0. The first-order chi connectivity index (χ1) is 7.58. The Balaban J connectivity index is 3.08. The van der Waals surface area contributed by atoms with Gasteiger partial charge in [0.25, 0.3) is 0 Å². The van der Waals surface area contributed by atoms with Crippen LogP contribution in [0.1, 0.15) is 29.8 Å². The van der Waals surface area contributed by atoms with Gasteiger partial charge in [0, 0.05) is 11.6 Å². The smallest absolute Gasteiger partial charge is 0.159 e. The Morgan fingerprint density at radius 2 is 2.31 bits per heavy atom. The van der Waals surface area contributed by atoms with E-state index in [1.54, 1.807) is 25.1 Å². The number of carbonyl (C=O) groups is 1. The predicted molar refractivity (Wildman–Crippen MR) is 61.3 cm³/mol. The van der Waals surface area contributed by atoms with Crippen molar-refractivity contribution in [1.82, 2.24) is 0 Å². The van der Waals surface area contributed by atoms with E-state index in [2.05, 4.69) is 5.32 Å². The van der Waals surface area contributed by atoms with Crippen molar-refractivity contribution in [2.45, 2.75) is 19.9 Å². The van der Waals surface area contributed by atoms with Crippen molar-refractivity contribution in [2.75, 3.05) is 11.9 Å². The molecule has 0 saturated heterocycles. The molecule has 0 aliphatic carbocycles. The van der Waals surface area contributed by atoms with E-state index in [0.717, 1.165) is 0 Å². The van der Waals surface area contributed by atoms with Gasteiger partial charge in [0.05, 0.1) is 17.9 Å². The van der Waals surface area contributed by atoms with E-state index in [1.165, 1.54) is 6.92 Å². The standard InChI is InChI=1S/C12H14N2O2/c1-8(7-15)14-12-5-10(9(2)16)3-4-11(12)6-13/h3-5,8,14-15H,7H2,1-2H3. The van der Waals surface area contributed by atoms with E-state index in [1.807, 2.05) is 6.07 Å². The first-order valence-corrected chi connectivity index (χ1v) is 5.01. The number of benzene rings is 1. The topological polar surface area (TPSA) is 73.1 Å². The summed E-state index contributed by atoms with van der Waals surface area (Å²) in [6, 6.07) is 6.73. The minimum atomic E-state index is -0.158. The molecule has 0 aliphatic rings. The van der Waals surface area contributed by atoms with Gasteiger partial charge in [-0.25, -0.2) is 0 Å². The van der Waals surface area contributed by atoms with Gasteiger partial charge in [0.1, 0.15) is 6.07 Å². The van der Waals surface area contributed by atoms with Crippen molar-refractivity contribution in [3.63, 3.8) is 0 Å². The predicted octanol–water partition coefficient (Wildman–Crippen LogP) is 1.55. The molecule has 2 N–H and O–H groups in total. The third-order valence-corrected chi connectivity index (χ3v) is 2.22. The van der Waals surface area contributed by atoms with Crippen molar-refractivity contribution < 1.29 is 9.90 Å². The Hall–Kier alpha value is -1.86. The lowest BCUT2D eigenvalue weighted by Gasteiger charge is -2.14. The van der Waals surface area contributed by atoms with Gasteiger partial charge in [-0.2, -0.15) is 5.26 Å². The molecule has 1 atom stereocenters. The minimum absolute atomic E-state index is 0.0326. The summed E-state index contributed by atoms with van der Waals surface area (Å²) in [4.78, 5) is 11.2. The Labute approximate surface area is 94.5 Å². The average molecular weight is 218 g/mol. The third kappa shape index (κ3) is 2.81. The Morgan fingerprint density at radius 1 is 1.62 bits per heavy atom. The Kier molecular flexibility index (Phi) is 4.03. The lowest BCUT2D eigenvalue weighted by molar-refractivity contribution is 0.101. The van der Waals surface area contributed by atoms with Crippen molar-refractivity contribution in [3.8, 4) is 6.07 Å². The van der Waals surface area contributed by atoms with E-state index in [4.69, 9.17) is 10.4 Å². The number of carbonyl (C=O) groups excluding carboxylic acids is 1. The molecule has 0 saturated carbocycles. The highest BCUT2D eigenvalue weighted by molar-refractivity contribution is 5.95. The number of rotatable bonds is 4. The monoisotopic (exact) mass is 218 g/mol. The van der Waals surface area contributed by atoms with Crippen LogP contribution in [-0.4, -0.2) is 23.5 Å². The van der Waals surface area contributed by atoms with Crippen LogP contribution in [0.5, 0.6) is 0 Å². The molecule has 16 heavy (non-hydrogen) atoms. The second kappa shape index (κ2) is 5.29. The van der Waals surface area contributed by atoms with Crippen molar-refractivity contribution in [1.29, 1.82) is 5.26 Å². The molecule has 0 aromatic heterocycles. The number of aliphatic hydroxyl groups is 1. The van der Waals surface area contributed by atoms with Crippen LogP contribution >= 0.6 is 0 Å². The first-order valence-electron chi connectivity index (χ1n) is 5.01. The molecule has 0 bridgehead atoms. The molecule has 0 spiro atoms. The fraction of sp³-hybridized carbons (Fsp3) is 0.333. The van der Waals surface area contributed by atoms with Crippen LogP contribution in [0.4, 0.5) is 5.69 Å². The molecule has 0 fully saturated rings. The highest BCUT2D eigenvalue weighted by atomic mass is 16.3. The number of aliphatic hydroxyl groups excluding tert-OH is 1. The highest BCUT2D eigenvalue weighted by Gasteiger charge is 2.08. The van der Waals surface area contributed by atoms with Crippen molar-refractivity contribution in [3.05, 3.63) is 29.3 Å². The zero-order valence-corrected chi connectivity index (χ0v) is 9.32. The molecule has 0 aliphatic heterocycles. The zero-order valence-electron chi connectivity index (χ0n) is 9.32.